The fourth-order valence-electron chi connectivity index (χ4n) is 3.02. The number of benzene rings is 1. The van der Waals surface area contributed by atoms with E-state index in [9.17, 15) is 5.11 Å². The Morgan fingerprint density at radius 2 is 1.67 bits per heavy atom. The van der Waals surface area contributed by atoms with E-state index in [1.807, 2.05) is 18.2 Å². The fraction of sp³-hybridized carbons (Fsp3) is 0.647. The quantitative estimate of drug-likeness (QED) is 0.873. The minimum absolute atomic E-state index is 0.146. The van der Waals surface area contributed by atoms with E-state index < -0.39 is 6.10 Å². The molecule has 1 aromatic carbocycles. The number of aliphatic hydroxyl groups excluding tert-OH is 1. The summed E-state index contributed by atoms with van der Waals surface area (Å²) in [6.07, 6.45) is 4.66. The molecule has 0 bridgehead atoms. The molecule has 3 atom stereocenters. The number of hydrogen-bond acceptors (Lipinski definition) is 4. The number of hydrogen-bond donors (Lipinski definition) is 1. The van der Waals surface area contributed by atoms with Crippen LogP contribution in [0.2, 0.25) is 0 Å². The van der Waals surface area contributed by atoms with Gasteiger partial charge in [0.25, 0.3) is 0 Å². The monoisotopic (exact) mass is 294 g/mol. The summed E-state index contributed by atoms with van der Waals surface area (Å²) in [5, 5.41) is 10.2. The zero-order valence-corrected chi connectivity index (χ0v) is 13.2. The topological polar surface area (TPSA) is 47.9 Å². The molecule has 2 rings (SSSR count). The molecule has 21 heavy (non-hydrogen) atoms. The molecular weight excluding hydrogens is 268 g/mol. The highest BCUT2D eigenvalue weighted by Crippen LogP contribution is 2.33. The second kappa shape index (κ2) is 7.55. The normalized spacial score (nSPS) is 25.4. The summed E-state index contributed by atoms with van der Waals surface area (Å²) in [4.78, 5) is 0. The summed E-state index contributed by atoms with van der Waals surface area (Å²) in [5.74, 6) is 2.72. The second-order valence-electron chi connectivity index (χ2n) is 5.74. The van der Waals surface area contributed by atoms with E-state index in [1.54, 1.807) is 14.2 Å². The molecule has 0 aliphatic heterocycles. The van der Waals surface area contributed by atoms with Gasteiger partial charge in [-0.25, -0.2) is 0 Å². The SMILES string of the molecule is CCCC1CCC(O)C(Oc2cc(OC)cc(OC)c2)C1. The molecule has 1 saturated carbocycles. The largest absolute Gasteiger partial charge is 0.496 e. The van der Waals surface area contributed by atoms with Gasteiger partial charge < -0.3 is 19.3 Å². The van der Waals surface area contributed by atoms with Gasteiger partial charge in [-0.1, -0.05) is 19.8 Å². The molecule has 0 heterocycles. The molecule has 0 spiro atoms. The molecule has 1 fully saturated rings. The highest BCUT2D eigenvalue weighted by molar-refractivity contribution is 5.42. The Bertz CT molecular complexity index is 424. The van der Waals surface area contributed by atoms with Gasteiger partial charge in [-0.2, -0.15) is 0 Å². The first-order valence-corrected chi connectivity index (χ1v) is 7.74. The first-order chi connectivity index (χ1) is 10.2. The van der Waals surface area contributed by atoms with Gasteiger partial charge in [0.1, 0.15) is 23.4 Å². The number of methoxy groups -OCH3 is 2. The van der Waals surface area contributed by atoms with Crippen molar-refractivity contribution in [1.82, 2.24) is 0 Å². The van der Waals surface area contributed by atoms with E-state index in [-0.39, 0.29) is 6.10 Å². The Kier molecular flexibility index (Phi) is 5.74. The summed E-state index contributed by atoms with van der Waals surface area (Å²) < 4.78 is 16.5. The van der Waals surface area contributed by atoms with Crippen LogP contribution in [0.1, 0.15) is 39.0 Å². The van der Waals surface area contributed by atoms with Crippen molar-refractivity contribution in [3.05, 3.63) is 18.2 Å². The Hall–Kier alpha value is -1.42. The first kappa shape index (κ1) is 16.0. The lowest BCUT2D eigenvalue weighted by Crippen LogP contribution is -2.38. The molecule has 4 heteroatoms. The lowest BCUT2D eigenvalue weighted by Gasteiger charge is -2.33. The molecule has 1 N–H and O–H groups in total. The van der Waals surface area contributed by atoms with Crippen LogP contribution in [-0.4, -0.2) is 31.5 Å². The van der Waals surface area contributed by atoms with Gasteiger partial charge in [0.05, 0.1) is 20.3 Å². The van der Waals surface area contributed by atoms with Crippen molar-refractivity contribution in [2.75, 3.05) is 14.2 Å². The van der Waals surface area contributed by atoms with Crippen molar-refractivity contribution in [2.45, 2.75) is 51.2 Å². The summed E-state index contributed by atoms with van der Waals surface area (Å²) in [6, 6.07) is 5.47. The minimum atomic E-state index is -0.393. The number of aliphatic hydroxyl groups is 1. The number of ether oxygens (including phenoxy) is 3. The van der Waals surface area contributed by atoms with Crippen LogP contribution in [0, 0.1) is 5.92 Å². The Morgan fingerprint density at radius 3 is 2.24 bits per heavy atom. The third kappa shape index (κ3) is 4.27. The molecule has 3 unspecified atom stereocenters. The fourth-order valence-corrected chi connectivity index (χ4v) is 3.02. The van der Waals surface area contributed by atoms with Crippen LogP contribution in [0.3, 0.4) is 0 Å². The maximum absolute atomic E-state index is 10.2. The highest BCUT2D eigenvalue weighted by atomic mass is 16.5. The van der Waals surface area contributed by atoms with Crippen LogP contribution >= 0.6 is 0 Å². The standard InChI is InChI=1S/C17H26O4/c1-4-5-12-6-7-16(18)17(8-12)21-15-10-13(19-2)9-14(11-15)20-3/h9-12,16-18H,4-8H2,1-3H3. The van der Waals surface area contributed by atoms with E-state index in [2.05, 4.69) is 6.92 Å². The molecular formula is C17H26O4. The average Bonchev–Trinajstić information content (AvgIpc) is 2.50. The summed E-state index contributed by atoms with van der Waals surface area (Å²) >= 11 is 0. The smallest absolute Gasteiger partial charge is 0.127 e. The van der Waals surface area contributed by atoms with E-state index in [1.165, 1.54) is 12.8 Å². The van der Waals surface area contributed by atoms with Crippen molar-refractivity contribution in [3.8, 4) is 17.2 Å². The van der Waals surface area contributed by atoms with Gasteiger partial charge in [-0.05, 0) is 25.2 Å². The van der Waals surface area contributed by atoms with Crippen molar-refractivity contribution in [3.63, 3.8) is 0 Å². The van der Waals surface area contributed by atoms with E-state index in [0.29, 0.717) is 23.2 Å². The molecule has 1 aliphatic carbocycles. The summed E-state index contributed by atoms with van der Waals surface area (Å²) in [7, 11) is 3.23. The van der Waals surface area contributed by atoms with Crippen molar-refractivity contribution >= 4 is 0 Å². The lowest BCUT2D eigenvalue weighted by atomic mass is 9.83. The Labute approximate surface area is 127 Å². The van der Waals surface area contributed by atoms with Gasteiger partial charge in [0, 0.05) is 18.2 Å². The van der Waals surface area contributed by atoms with Crippen molar-refractivity contribution in [1.29, 1.82) is 0 Å². The van der Waals surface area contributed by atoms with E-state index in [0.717, 1.165) is 19.3 Å². The Morgan fingerprint density at radius 1 is 1.05 bits per heavy atom. The molecule has 0 amide bonds. The van der Waals surface area contributed by atoms with E-state index in [4.69, 9.17) is 14.2 Å². The van der Waals surface area contributed by atoms with Crippen LogP contribution in [0.4, 0.5) is 0 Å². The van der Waals surface area contributed by atoms with Crippen molar-refractivity contribution < 1.29 is 19.3 Å². The minimum Gasteiger partial charge on any atom is -0.496 e. The molecule has 1 aliphatic rings. The van der Waals surface area contributed by atoms with Gasteiger partial charge >= 0.3 is 0 Å². The van der Waals surface area contributed by atoms with Crippen LogP contribution in [-0.2, 0) is 0 Å². The Balaban J connectivity index is 2.08. The van der Waals surface area contributed by atoms with Gasteiger partial charge in [-0.3, -0.25) is 0 Å². The van der Waals surface area contributed by atoms with E-state index >= 15 is 0 Å². The highest BCUT2D eigenvalue weighted by Gasteiger charge is 2.30. The summed E-state index contributed by atoms with van der Waals surface area (Å²) in [6.45, 7) is 2.20. The first-order valence-electron chi connectivity index (χ1n) is 7.74. The molecule has 0 aromatic heterocycles. The second-order valence-corrected chi connectivity index (χ2v) is 5.74. The third-order valence-corrected chi connectivity index (χ3v) is 4.17. The van der Waals surface area contributed by atoms with Crippen LogP contribution in [0.15, 0.2) is 18.2 Å². The maximum Gasteiger partial charge on any atom is 0.127 e. The maximum atomic E-state index is 10.2. The zero-order valence-electron chi connectivity index (χ0n) is 13.2. The predicted octanol–water partition coefficient (Wildman–Crippen LogP) is 3.41. The van der Waals surface area contributed by atoms with Crippen molar-refractivity contribution in [2.24, 2.45) is 5.92 Å². The average molecular weight is 294 g/mol. The lowest BCUT2D eigenvalue weighted by molar-refractivity contribution is -0.0118. The van der Waals surface area contributed by atoms with Crippen LogP contribution in [0.25, 0.3) is 0 Å². The zero-order chi connectivity index (χ0) is 15.2. The van der Waals surface area contributed by atoms with Crippen LogP contribution in [0.5, 0.6) is 17.2 Å². The number of rotatable bonds is 6. The van der Waals surface area contributed by atoms with Gasteiger partial charge in [0.15, 0.2) is 0 Å². The molecule has 1 aromatic rings. The molecule has 118 valence electrons. The van der Waals surface area contributed by atoms with Crippen LogP contribution < -0.4 is 14.2 Å². The predicted molar refractivity (Wildman–Crippen MR) is 82.2 cm³/mol. The molecule has 4 nitrogen and oxygen atoms in total. The third-order valence-electron chi connectivity index (χ3n) is 4.17. The summed E-state index contributed by atoms with van der Waals surface area (Å²) in [5.41, 5.74) is 0. The molecule has 0 radical (unpaired) electrons. The van der Waals surface area contributed by atoms with Gasteiger partial charge in [-0.15, -0.1) is 0 Å². The van der Waals surface area contributed by atoms with Gasteiger partial charge in [0.2, 0.25) is 0 Å². The molecule has 0 saturated heterocycles.